The zero-order chi connectivity index (χ0) is 17.5. The minimum absolute atomic E-state index is 0.0899. The van der Waals surface area contributed by atoms with E-state index in [-0.39, 0.29) is 11.2 Å². The van der Waals surface area contributed by atoms with Crippen LogP contribution >= 0.6 is 11.8 Å². The maximum absolute atomic E-state index is 12.2. The molecule has 2 aromatic carbocycles. The Hall–Kier alpha value is -2.27. The topological polar surface area (TPSA) is 55.4 Å². The van der Waals surface area contributed by atoms with Crippen LogP contribution in [0.4, 0.5) is 5.69 Å². The van der Waals surface area contributed by atoms with E-state index in [4.69, 9.17) is 4.74 Å². The Labute approximate surface area is 146 Å². The molecule has 0 spiro atoms. The van der Waals surface area contributed by atoms with Crippen molar-refractivity contribution in [2.75, 3.05) is 18.2 Å². The second-order valence-corrected chi connectivity index (χ2v) is 6.76. The summed E-state index contributed by atoms with van der Waals surface area (Å²) in [6.07, 6.45) is 0. The number of methoxy groups -OCH3 is 1. The lowest BCUT2D eigenvalue weighted by Gasteiger charge is -2.13. The van der Waals surface area contributed by atoms with E-state index in [1.54, 1.807) is 30.0 Å². The fourth-order valence-electron chi connectivity index (χ4n) is 2.21. The van der Waals surface area contributed by atoms with Crippen LogP contribution in [0.3, 0.4) is 0 Å². The lowest BCUT2D eigenvalue weighted by molar-refractivity contribution is -0.113. The number of anilines is 1. The molecule has 2 aromatic rings. The van der Waals surface area contributed by atoms with Crippen molar-refractivity contribution in [3.8, 4) is 0 Å². The second kappa shape index (κ2) is 8.55. The summed E-state index contributed by atoms with van der Waals surface area (Å²) in [5.74, 6) is -0.164. The number of thioether (sulfide) groups is 1. The Morgan fingerprint density at radius 2 is 1.88 bits per heavy atom. The van der Waals surface area contributed by atoms with Crippen LogP contribution in [0.5, 0.6) is 0 Å². The number of nitrogens with one attached hydrogen (secondary N) is 1. The molecule has 0 fully saturated rings. The molecule has 24 heavy (non-hydrogen) atoms. The highest BCUT2D eigenvalue weighted by molar-refractivity contribution is 8.00. The third kappa shape index (κ3) is 4.86. The van der Waals surface area contributed by atoms with E-state index in [0.717, 1.165) is 5.56 Å². The van der Waals surface area contributed by atoms with Gasteiger partial charge < -0.3 is 10.1 Å². The molecular formula is C19H21NO3S. The number of hydrogen-bond acceptors (Lipinski definition) is 4. The van der Waals surface area contributed by atoms with E-state index in [2.05, 4.69) is 24.4 Å². The molecule has 0 radical (unpaired) electrons. The molecule has 1 amide bonds. The van der Waals surface area contributed by atoms with Gasteiger partial charge in [-0.3, -0.25) is 4.79 Å². The van der Waals surface area contributed by atoms with Gasteiger partial charge >= 0.3 is 5.97 Å². The van der Waals surface area contributed by atoms with Gasteiger partial charge in [-0.25, -0.2) is 4.79 Å². The number of hydrogen-bond donors (Lipinski definition) is 1. The Morgan fingerprint density at radius 3 is 2.54 bits per heavy atom. The normalized spacial score (nSPS) is 11.6. The van der Waals surface area contributed by atoms with E-state index < -0.39 is 5.97 Å². The Kier molecular flexibility index (Phi) is 6.44. The minimum Gasteiger partial charge on any atom is -0.465 e. The lowest BCUT2D eigenvalue weighted by atomic mass is 10.1. The standard InChI is InChI=1S/C19H21NO3S/c1-13-9-10-16(19(22)23-3)11-17(13)20-18(21)12-24-14(2)15-7-5-4-6-8-15/h4-11,14H,12H2,1-3H3,(H,20,21)/t14-/m0/s1. The van der Waals surface area contributed by atoms with Crippen molar-refractivity contribution >= 4 is 29.3 Å². The largest absolute Gasteiger partial charge is 0.465 e. The molecule has 0 bridgehead atoms. The summed E-state index contributed by atoms with van der Waals surface area (Å²) >= 11 is 1.57. The number of carbonyl (C=O) groups excluding carboxylic acids is 2. The summed E-state index contributed by atoms with van der Waals surface area (Å²) in [6, 6.07) is 15.2. The summed E-state index contributed by atoms with van der Waals surface area (Å²) < 4.78 is 4.71. The van der Waals surface area contributed by atoms with Gasteiger partial charge in [-0.1, -0.05) is 36.4 Å². The maximum atomic E-state index is 12.2. The molecule has 0 aliphatic carbocycles. The molecule has 0 saturated carbocycles. The van der Waals surface area contributed by atoms with E-state index >= 15 is 0 Å². The zero-order valence-corrected chi connectivity index (χ0v) is 14.9. The first kappa shape index (κ1) is 18.1. The predicted molar refractivity (Wildman–Crippen MR) is 98.5 cm³/mol. The number of aryl methyl sites for hydroxylation is 1. The predicted octanol–water partition coefficient (Wildman–Crippen LogP) is 4.21. The third-order valence-corrected chi connectivity index (χ3v) is 4.87. The van der Waals surface area contributed by atoms with Crippen molar-refractivity contribution in [1.82, 2.24) is 0 Å². The number of rotatable bonds is 6. The fourth-order valence-corrected chi connectivity index (χ4v) is 3.03. The molecule has 0 saturated heterocycles. The summed E-state index contributed by atoms with van der Waals surface area (Å²) in [6.45, 7) is 3.97. The van der Waals surface area contributed by atoms with Gasteiger partial charge in [0, 0.05) is 10.9 Å². The van der Waals surface area contributed by atoms with Gasteiger partial charge in [-0.15, -0.1) is 11.8 Å². The minimum atomic E-state index is -0.419. The van der Waals surface area contributed by atoms with Crippen molar-refractivity contribution in [1.29, 1.82) is 0 Å². The average Bonchev–Trinajstić information content (AvgIpc) is 2.61. The van der Waals surface area contributed by atoms with Crippen molar-refractivity contribution in [2.24, 2.45) is 0 Å². The van der Waals surface area contributed by atoms with Gasteiger partial charge in [0.25, 0.3) is 0 Å². The van der Waals surface area contributed by atoms with Crippen LogP contribution in [-0.4, -0.2) is 24.7 Å². The van der Waals surface area contributed by atoms with Crippen LogP contribution in [-0.2, 0) is 9.53 Å². The van der Waals surface area contributed by atoms with Crippen molar-refractivity contribution < 1.29 is 14.3 Å². The van der Waals surface area contributed by atoms with Gasteiger partial charge in [0.1, 0.15) is 0 Å². The van der Waals surface area contributed by atoms with Gasteiger partial charge in [-0.05, 0) is 37.1 Å². The molecule has 5 heteroatoms. The highest BCUT2D eigenvalue weighted by Gasteiger charge is 2.12. The van der Waals surface area contributed by atoms with Gasteiger partial charge in [-0.2, -0.15) is 0 Å². The van der Waals surface area contributed by atoms with Crippen LogP contribution in [0.15, 0.2) is 48.5 Å². The smallest absolute Gasteiger partial charge is 0.337 e. The summed E-state index contributed by atoms with van der Waals surface area (Å²) in [7, 11) is 1.34. The van der Waals surface area contributed by atoms with E-state index in [1.807, 2.05) is 25.1 Å². The first-order chi connectivity index (χ1) is 11.5. The van der Waals surface area contributed by atoms with E-state index in [0.29, 0.717) is 17.0 Å². The molecule has 0 aromatic heterocycles. The van der Waals surface area contributed by atoms with E-state index in [1.165, 1.54) is 12.7 Å². The maximum Gasteiger partial charge on any atom is 0.337 e. The Morgan fingerprint density at radius 1 is 1.17 bits per heavy atom. The molecule has 0 aliphatic rings. The highest BCUT2D eigenvalue weighted by atomic mass is 32.2. The molecule has 126 valence electrons. The molecule has 4 nitrogen and oxygen atoms in total. The monoisotopic (exact) mass is 343 g/mol. The summed E-state index contributed by atoms with van der Waals surface area (Å²) in [5, 5.41) is 3.10. The zero-order valence-electron chi connectivity index (χ0n) is 14.0. The van der Waals surface area contributed by atoms with Crippen LogP contribution in [0, 0.1) is 6.92 Å². The van der Waals surface area contributed by atoms with Crippen LogP contribution in [0.1, 0.15) is 33.7 Å². The number of ether oxygens (including phenoxy) is 1. The number of benzene rings is 2. The molecular weight excluding hydrogens is 322 g/mol. The molecule has 1 N–H and O–H groups in total. The number of carbonyl (C=O) groups is 2. The van der Waals surface area contributed by atoms with Crippen molar-refractivity contribution in [3.63, 3.8) is 0 Å². The van der Waals surface area contributed by atoms with Crippen LogP contribution in [0.25, 0.3) is 0 Å². The summed E-state index contributed by atoms with van der Waals surface area (Å²) in [4.78, 5) is 23.8. The van der Waals surface area contributed by atoms with Crippen molar-refractivity contribution in [2.45, 2.75) is 19.1 Å². The average molecular weight is 343 g/mol. The molecule has 0 unspecified atom stereocenters. The number of esters is 1. The molecule has 2 rings (SSSR count). The van der Waals surface area contributed by atoms with Crippen molar-refractivity contribution in [3.05, 3.63) is 65.2 Å². The van der Waals surface area contributed by atoms with Gasteiger partial charge in [0.2, 0.25) is 5.91 Å². The second-order valence-electron chi connectivity index (χ2n) is 5.43. The molecule has 0 aliphatic heterocycles. The molecule has 0 heterocycles. The Bertz CT molecular complexity index is 716. The highest BCUT2D eigenvalue weighted by Crippen LogP contribution is 2.28. The SMILES string of the molecule is COC(=O)c1ccc(C)c(NC(=O)CS[C@@H](C)c2ccccc2)c1. The summed E-state index contributed by atoms with van der Waals surface area (Å²) in [5.41, 5.74) is 3.15. The first-order valence-electron chi connectivity index (χ1n) is 7.66. The first-order valence-corrected chi connectivity index (χ1v) is 8.71. The Balaban J connectivity index is 1.96. The quantitative estimate of drug-likeness (QED) is 0.798. The van der Waals surface area contributed by atoms with Gasteiger partial charge in [0.05, 0.1) is 18.4 Å². The lowest BCUT2D eigenvalue weighted by Crippen LogP contribution is -2.16. The third-order valence-electron chi connectivity index (χ3n) is 3.67. The number of amides is 1. The van der Waals surface area contributed by atoms with Crippen LogP contribution in [0.2, 0.25) is 0 Å². The molecule has 1 atom stereocenters. The van der Waals surface area contributed by atoms with Crippen LogP contribution < -0.4 is 5.32 Å². The fraction of sp³-hybridized carbons (Fsp3) is 0.263. The van der Waals surface area contributed by atoms with Gasteiger partial charge in [0.15, 0.2) is 0 Å². The van der Waals surface area contributed by atoms with E-state index in [9.17, 15) is 9.59 Å².